The molecule has 0 aliphatic heterocycles. The lowest BCUT2D eigenvalue weighted by atomic mass is 9.88. The third kappa shape index (κ3) is 1.95. The van der Waals surface area contributed by atoms with Crippen molar-refractivity contribution in [3.8, 4) is 0 Å². The second-order valence-electron chi connectivity index (χ2n) is 3.82. The van der Waals surface area contributed by atoms with Gasteiger partial charge in [0.05, 0.1) is 0 Å². The molecule has 0 saturated carbocycles. The number of pyridine rings is 1. The molecule has 0 bridgehead atoms. The number of nitrogens with zero attached hydrogens (tertiary/aromatic N) is 1. The maximum absolute atomic E-state index is 5.25. The normalized spacial score (nSPS) is 11.3. The molecular weight excluding hydrogens is 150 g/mol. The van der Waals surface area contributed by atoms with E-state index in [-0.39, 0.29) is 5.41 Å². The maximum atomic E-state index is 5.25. The predicted octanol–water partition coefficient (Wildman–Crippen LogP) is 1.66. The van der Waals surface area contributed by atoms with Crippen LogP contribution >= 0.6 is 0 Å². The lowest BCUT2D eigenvalue weighted by Gasteiger charge is -2.18. The largest absolute Gasteiger partial charge is 0.308 e. The molecule has 0 amide bonds. The monoisotopic (exact) mass is 165 g/mol. The molecule has 0 spiro atoms. The van der Waals surface area contributed by atoms with Gasteiger partial charge in [0.1, 0.15) is 5.82 Å². The van der Waals surface area contributed by atoms with E-state index in [1.54, 1.807) is 6.20 Å². The minimum Gasteiger partial charge on any atom is -0.308 e. The van der Waals surface area contributed by atoms with Gasteiger partial charge in [-0.05, 0) is 23.1 Å². The topological polar surface area (TPSA) is 50.9 Å². The summed E-state index contributed by atoms with van der Waals surface area (Å²) >= 11 is 0. The van der Waals surface area contributed by atoms with E-state index < -0.39 is 0 Å². The molecule has 0 atom stereocenters. The van der Waals surface area contributed by atoms with Crippen LogP contribution in [0.4, 0.5) is 5.82 Å². The molecule has 3 heteroatoms. The predicted molar refractivity (Wildman–Crippen MR) is 50.7 cm³/mol. The Balaban J connectivity index is 3.02. The van der Waals surface area contributed by atoms with Crippen LogP contribution in [0.5, 0.6) is 0 Å². The summed E-state index contributed by atoms with van der Waals surface area (Å²) in [6, 6.07) is 3.96. The smallest absolute Gasteiger partial charge is 0.140 e. The Labute approximate surface area is 73.0 Å². The molecule has 3 N–H and O–H groups in total. The number of anilines is 1. The molecule has 0 aromatic carbocycles. The van der Waals surface area contributed by atoms with Crippen LogP contribution in [0.2, 0.25) is 0 Å². The van der Waals surface area contributed by atoms with E-state index in [0.29, 0.717) is 5.82 Å². The van der Waals surface area contributed by atoms with Crippen molar-refractivity contribution in [2.45, 2.75) is 26.2 Å². The van der Waals surface area contributed by atoms with E-state index in [1.165, 1.54) is 5.56 Å². The Morgan fingerprint density at radius 1 is 1.42 bits per heavy atom. The first-order chi connectivity index (χ1) is 5.54. The number of rotatable bonds is 1. The molecule has 1 aromatic rings. The third-order valence-electron chi connectivity index (χ3n) is 1.77. The van der Waals surface area contributed by atoms with Crippen LogP contribution in [0.3, 0.4) is 0 Å². The van der Waals surface area contributed by atoms with Gasteiger partial charge in [-0.3, -0.25) is 0 Å². The van der Waals surface area contributed by atoms with Crippen LogP contribution < -0.4 is 11.3 Å². The molecule has 0 fully saturated rings. The minimum atomic E-state index is 0.147. The summed E-state index contributed by atoms with van der Waals surface area (Å²) in [7, 11) is 0. The molecule has 12 heavy (non-hydrogen) atoms. The highest BCUT2D eigenvalue weighted by molar-refractivity contribution is 5.38. The zero-order valence-electron chi connectivity index (χ0n) is 7.76. The fourth-order valence-corrected chi connectivity index (χ4v) is 0.976. The van der Waals surface area contributed by atoms with Crippen molar-refractivity contribution in [3.63, 3.8) is 0 Å². The highest BCUT2D eigenvalue weighted by atomic mass is 15.2. The van der Waals surface area contributed by atoms with Gasteiger partial charge in [0.2, 0.25) is 0 Å². The first kappa shape index (κ1) is 9.00. The molecular formula is C9H15N3. The summed E-state index contributed by atoms with van der Waals surface area (Å²) in [6.07, 6.45) is 1.76. The zero-order valence-corrected chi connectivity index (χ0v) is 7.76. The lowest BCUT2D eigenvalue weighted by molar-refractivity contribution is 0.589. The van der Waals surface area contributed by atoms with Gasteiger partial charge in [0.25, 0.3) is 0 Å². The molecule has 1 heterocycles. The molecule has 1 rings (SSSR count). The maximum Gasteiger partial charge on any atom is 0.140 e. The number of hydrogen-bond donors (Lipinski definition) is 2. The van der Waals surface area contributed by atoms with E-state index in [1.807, 2.05) is 12.1 Å². The first-order valence-corrected chi connectivity index (χ1v) is 3.97. The van der Waals surface area contributed by atoms with Gasteiger partial charge in [0, 0.05) is 6.20 Å². The van der Waals surface area contributed by atoms with Crippen LogP contribution in [0.25, 0.3) is 0 Å². The number of nitrogen functional groups attached to an aromatic ring is 1. The van der Waals surface area contributed by atoms with E-state index in [9.17, 15) is 0 Å². The van der Waals surface area contributed by atoms with Gasteiger partial charge in [-0.2, -0.15) is 0 Å². The van der Waals surface area contributed by atoms with Gasteiger partial charge < -0.3 is 5.43 Å². The Bertz CT molecular complexity index is 263. The molecule has 1 aromatic heterocycles. The first-order valence-electron chi connectivity index (χ1n) is 3.97. The lowest BCUT2D eigenvalue weighted by Crippen LogP contribution is -2.14. The van der Waals surface area contributed by atoms with Crippen molar-refractivity contribution in [1.82, 2.24) is 4.98 Å². The number of hydrogen-bond acceptors (Lipinski definition) is 3. The van der Waals surface area contributed by atoms with Crippen molar-refractivity contribution >= 4 is 5.82 Å². The summed E-state index contributed by atoms with van der Waals surface area (Å²) in [5.74, 6) is 5.96. The van der Waals surface area contributed by atoms with Crippen LogP contribution in [-0.4, -0.2) is 4.98 Å². The summed E-state index contributed by atoms with van der Waals surface area (Å²) in [6.45, 7) is 6.47. The van der Waals surface area contributed by atoms with Crippen molar-refractivity contribution < 1.29 is 0 Å². The van der Waals surface area contributed by atoms with Crippen LogP contribution in [0, 0.1) is 0 Å². The molecule has 0 unspecified atom stereocenters. The average Bonchev–Trinajstić information content (AvgIpc) is 2.03. The Morgan fingerprint density at radius 2 is 2.08 bits per heavy atom. The average molecular weight is 165 g/mol. The summed E-state index contributed by atoms with van der Waals surface area (Å²) < 4.78 is 0. The summed E-state index contributed by atoms with van der Waals surface area (Å²) in [5.41, 5.74) is 3.90. The van der Waals surface area contributed by atoms with Gasteiger partial charge in [-0.15, -0.1) is 0 Å². The molecule has 0 radical (unpaired) electrons. The van der Waals surface area contributed by atoms with Crippen molar-refractivity contribution in [1.29, 1.82) is 0 Å². The summed E-state index contributed by atoms with van der Waals surface area (Å²) in [5, 5.41) is 0. The van der Waals surface area contributed by atoms with Crippen LogP contribution in [0.15, 0.2) is 18.3 Å². The van der Waals surface area contributed by atoms with Gasteiger partial charge >= 0.3 is 0 Å². The van der Waals surface area contributed by atoms with E-state index in [4.69, 9.17) is 5.84 Å². The number of hydrazine groups is 1. The fourth-order valence-electron chi connectivity index (χ4n) is 0.976. The third-order valence-corrected chi connectivity index (χ3v) is 1.77. The molecule has 66 valence electrons. The standard InChI is InChI=1S/C9H15N3/c1-9(2,3)7-4-5-11-8(6-7)12-10/h4-6H,10H2,1-3H3,(H,11,12). The quantitative estimate of drug-likeness (QED) is 0.491. The van der Waals surface area contributed by atoms with Gasteiger partial charge in [-0.1, -0.05) is 20.8 Å². The Hall–Kier alpha value is -1.09. The van der Waals surface area contributed by atoms with E-state index in [0.717, 1.165) is 0 Å². The summed E-state index contributed by atoms with van der Waals surface area (Å²) in [4.78, 5) is 4.04. The van der Waals surface area contributed by atoms with Crippen molar-refractivity contribution in [2.75, 3.05) is 5.43 Å². The second kappa shape index (κ2) is 3.11. The van der Waals surface area contributed by atoms with Crippen LogP contribution in [0.1, 0.15) is 26.3 Å². The number of nitrogens with two attached hydrogens (primary N) is 1. The number of aromatic nitrogens is 1. The Kier molecular flexibility index (Phi) is 2.33. The van der Waals surface area contributed by atoms with E-state index in [2.05, 4.69) is 31.2 Å². The zero-order chi connectivity index (χ0) is 9.19. The highest BCUT2D eigenvalue weighted by Crippen LogP contribution is 2.22. The van der Waals surface area contributed by atoms with Crippen molar-refractivity contribution in [3.05, 3.63) is 23.9 Å². The van der Waals surface area contributed by atoms with Gasteiger partial charge in [-0.25, -0.2) is 10.8 Å². The SMILES string of the molecule is CC(C)(C)c1ccnc(NN)c1. The van der Waals surface area contributed by atoms with Crippen LogP contribution in [-0.2, 0) is 5.41 Å². The second-order valence-corrected chi connectivity index (χ2v) is 3.82. The molecule has 0 saturated heterocycles. The van der Waals surface area contributed by atoms with E-state index >= 15 is 0 Å². The molecule has 3 nitrogen and oxygen atoms in total. The fraction of sp³-hybridized carbons (Fsp3) is 0.444. The van der Waals surface area contributed by atoms with Crippen molar-refractivity contribution in [2.24, 2.45) is 5.84 Å². The number of nitrogens with one attached hydrogen (secondary N) is 1. The van der Waals surface area contributed by atoms with Gasteiger partial charge in [0.15, 0.2) is 0 Å². The Morgan fingerprint density at radius 3 is 2.58 bits per heavy atom. The molecule has 0 aliphatic carbocycles. The highest BCUT2D eigenvalue weighted by Gasteiger charge is 2.13. The minimum absolute atomic E-state index is 0.147. The molecule has 0 aliphatic rings.